The third-order valence-electron chi connectivity index (χ3n) is 4.33. The Hall–Kier alpha value is -0.820. The van der Waals surface area contributed by atoms with Crippen molar-refractivity contribution in [3.8, 4) is 0 Å². The molecule has 0 aromatic heterocycles. The van der Waals surface area contributed by atoms with Gasteiger partial charge in [-0.3, -0.25) is 4.79 Å². The Morgan fingerprint density at radius 3 is 2.33 bits per heavy atom. The lowest BCUT2D eigenvalue weighted by molar-refractivity contribution is -0.182. The molecule has 0 radical (unpaired) electrons. The molecule has 2 aliphatic rings. The van der Waals surface area contributed by atoms with Crippen LogP contribution in [0.4, 0.5) is 13.2 Å². The minimum Gasteiger partial charge on any atom is -0.378 e. The smallest absolute Gasteiger partial charge is 0.378 e. The maximum atomic E-state index is 12.6. The van der Waals surface area contributed by atoms with Crippen molar-refractivity contribution < 1.29 is 22.7 Å². The topological polar surface area (TPSA) is 41.6 Å². The van der Waals surface area contributed by atoms with Crippen LogP contribution in [0.5, 0.6) is 0 Å². The average molecular weight is 308 g/mol. The molecule has 1 amide bonds. The molecule has 0 spiro atoms. The largest absolute Gasteiger partial charge is 0.391 e. The van der Waals surface area contributed by atoms with Gasteiger partial charge in [-0.15, -0.1) is 0 Å². The summed E-state index contributed by atoms with van der Waals surface area (Å²) in [5.41, 5.74) is 0. The number of hydrogen-bond donors (Lipinski definition) is 1. The van der Waals surface area contributed by atoms with Gasteiger partial charge in [-0.05, 0) is 25.7 Å². The van der Waals surface area contributed by atoms with E-state index in [9.17, 15) is 18.0 Å². The normalized spacial score (nSPS) is 27.7. The first kappa shape index (κ1) is 16.5. The first-order valence-electron chi connectivity index (χ1n) is 7.62. The molecule has 7 heteroatoms. The number of morpholine rings is 1. The maximum Gasteiger partial charge on any atom is 0.391 e. The molecule has 1 N–H and O–H groups in total. The fourth-order valence-corrected chi connectivity index (χ4v) is 2.98. The second-order valence-corrected chi connectivity index (χ2v) is 5.79. The van der Waals surface area contributed by atoms with Crippen LogP contribution in [0.1, 0.15) is 32.1 Å². The molecular weight excluding hydrogens is 285 g/mol. The predicted molar refractivity (Wildman–Crippen MR) is 71.8 cm³/mol. The number of amides is 1. The van der Waals surface area contributed by atoms with Crippen LogP contribution in [-0.4, -0.2) is 55.9 Å². The zero-order valence-corrected chi connectivity index (χ0v) is 12.1. The summed E-state index contributed by atoms with van der Waals surface area (Å²) in [5.74, 6) is -1.06. The SMILES string of the molecule is O=C(CCNC1CCC(C(F)(F)F)CC1)N1CCOCC1. The van der Waals surface area contributed by atoms with Crippen molar-refractivity contribution in [3.63, 3.8) is 0 Å². The summed E-state index contributed by atoms with van der Waals surface area (Å²) in [7, 11) is 0. The summed E-state index contributed by atoms with van der Waals surface area (Å²) < 4.78 is 42.8. The van der Waals surface area contributed by atoms with Gasteiger partial charge in [-0.2, -0.15) is 13.2 Å². The minimum atomic E-state index is -4.06. The lowest BCUT2D eigenvalue weighted by Gasteiger charge is -2.31. The molecule has 2 fully saturated rings. The van der Waals surface area contributed by atoms with Crippen molar-refractivity contribution in [2.24, 2.45) is 5.92 Å². The van der Waals surface area contributed by atoms with Crippen LogP contribution < -0.4 is 5.32 Å². The Morgan fingerprint density at radius 1 is 1.14 bits per heavy atom. The van der Waals surface area contributed by atoms with Crippen molar-refractivity contribution in [2.45, 2.75) is 44.3 Å². The summed E-state index contributed by atoms with van der Waals surface area (Å²) >= 11 is 0. The second kappa shape index (κ2) is 7.45. The van der Waals surface area contributed by atoms with Gasteiger partial charge in [0.15, 0.2) is 0 Å². The van der Waals surface area contributed by atoms with E-state index in [4.69, 9.17) is 4.74 Å². The molecule has 122 valence electrons. The molecular formula is C14H23F3N2O2. The molecule has 1 aliphatic carbocycles. The molecule has 1 saturated carbocycles. The Labute approximate surface area is 123 Å². The molecule has 4 nitrogen and oxygen atoms in total. The Morgan fingerprint density at radius 2 is 1.76 bits per heavy atom. The highest BCUT2D eigenvalue weighted by Gasteiger charge is 2.41. The van der Waals surface area contributed by atoms with Crippen LogP contribution in [0, 0.1) is 5.92 Å². The van der Waals surface area contributed by atoms with Crippen LogP contribution >= 0.6 is 0 Å². The molecule has 1 aliphatic heterocycles. The number of nitrogens with one attached hydrogen (secondary N) is 1. The van der Waals surface area contributed by atoms with Gasteiger partial charge in [0.1, 0.15) is 0 Å². The average Bonchev–Trinajstić information content (AvgIpc) is 2.47. The van der Waals surface area contributed by atoms with Gasteiger partial charge >= 0.3 is 6.18 Å². The van der Waals surface area contributed by atoms with Crippen LogP contribution in [0.25, 0.3) is 0 Å². The highest BCUT2D eigenvalue weighted by atomic mass is 19.4. The molecule has 0 atom stereocenters. The monoisotopic (exact) mass is 308 g/mol. The van der Waals surface area contributed by atoms with E-state index in [0.717, 1.165) is 0 Å². The zero-order valence-electron chi connectivity index (χ0n) is 12.1. The second-order valence-electron chi connectivity index (χ2n) is 5.79. The lowest BCUT2D eigenvalue weighted by Crippen LogP contribution is -2.43. The van der Waals surface area contributed by atoms with E-state index < -0.39 is 12.1 Å². The summed E-state index contributed by atoms with van der Waals surface area (Å²) in [6.45, 7) is 2.98. The summed E-state index contributed by atoms with van der Waals surface area (Å²) in [6, 6.07) is 0.112. The molecule has 21 heavy (non-hydrogen) atoms. The summed E-state index contributed by atoms with van der Waals surface area (Å²) in [4.78, 5) is 13.7. The molecule has 1 heterocycles. The quantitative estimate of drug-likeness (QED) is 0.863. The van der Waals surface area contributed by atoms with Crippen molar-refractivity contribution in [3.05, 3.63) is 0 Å². The number of hydrogen-bond acceptors (Lipinski definition) is 3. The number of nitrogens with zero attached hydrogens (tertiary/aromatic N) is 1. The fraction of sp³-hybridized carbons (Fsp3) is 0.929. The number of carbonyl (C=O) groups excluding carboxylic acids is 1. The highest BCUT2D eigenvalue weighted by Crippen LogP contribution is 2.37. The molecule has 0 unspecified atom stereocenters. The summed E-state index contributed by atoms with van der Waals surface area (Å²) in [6.07, 6.45) is -2.19. The third-order valence-corrected chi connectivity index (χ3v) is 4.33. The van der Waals surface area contributed by atoms with E-state index in [1.165, 1.54) is 0 Å². The number of rotatable bonds is 4. The molecule has 0 aromatic rings. The van der Waals surface area contributed by atoms with Crippen LogP contribution in [0.2, 0.25) is 0 Å². The van der Waals surface area contributed by atoms with Crippen LogP contribution in [0.15, 0.2) is 0 Å². The number of alkyl halides is 3. The van der Waals surface area contributed by atoms with Crippen LogP contribution in [-0.2, 0) is 9.53 Å². The van der Waals surface area contributed by atoms with Gasteiger partial charge in [0, 0.05) is 32.1 Å². The minimum absolute atomic E-state index is 0.0924. The van der Waals surface area contributed by atoms with Gasteiger partial charge in [0.25, 0.3) is 0 Å². The molecule has 0 aromatic carbocycles. The fourth-order valence-electron chi connectivity index (χ4n) is 2.98. The highest BCUT2D eigenvalue weighted by molar-refractivity contribution is 5.76. The Bertz CT molecular complexity index is 336. The van der Waals surface area contributed by atoms with Crippen LogP contribution in [0.3, 0.4) is 0 Å². The van der Waals surface area contributed by atoms with Gasteiger partial charge in [-0.25, -0.2) is 0 Å². The van der Waals surface area contributed by atoms with E-state index in [1.807, 2.05) is 0 Å². The van der Waals surface area contributed by atoms with Gasteiger partial charge in [0.05, 0.1) is 19.1 Å². The number of halogens is 3. The lowest BCUT2D eigenvalue weighted by atomic mass is 9.85. The van der Waals surface area contributed by atoms with Gasteiger partial charge in [0.2, 0.25) is 5.91 Å². The van der Waals surface area contributed by atoms with Crippen molar-refractivity contribution >= 4 is 5.91 Å². The van der Waals surface area contributed by atoms with E-state index >= 15 is 0 Å². The van der Waals surface area contributed by atoms with E-state index in [-0.39, 0.29) is 24.8 Å². The van der Waals surface area contributed by atoms with Crippen molar-refractivity contribution in [1.82, 2.24) is 10.2 Å². The molecule has 0 bridgehead atoms. The summed E-state index contributed by atoms with van der Waals surface area (Å²) in [5, 5.41) is 3.22. The van der Waals surface area contributed by atoms with Gasteiger partial charge < -0.3 is 15.0 Å². The molecule has 2 rings (SSSR count). The Balaban J connectivity index is 1.60. The van der Waals surface area contributed by atoms with E-state index in [0.29, 0.717) is 52.1 Å². The van der Waals surface area contributed by atoms with E-state index in [1.54, 1.807) is 4.90 Å². The number of ether oxygens (including phenoxy) is 1. The van der Waals surface area contributed by atoms with Crippen molar-refractivity contribution in [2.75, 3.05) is 32.8 Å². The number of carbonyl (C=O) groups is 1. The zero-order chi connectivity index (χ0) is 15.3. The first-order chi connectivity index (χ1) is 9.97. The molecule has 1 saturated heterocycles. The standard InChI is InChI=1S/C14H23F3N2O2/c15-14(16,17)11-1-3-12(4-2-11)18-6-5-13(20)19-7-9-21-10-8-19/h11-12,18H,1-10H2. The Kier molecular flexibility index (Phi) is 5.87. The van der Waals surface area contributed by atoms with Gasteiger partial charge in [-0.1, -0.05) is 0 Å². The van der Waals surface area contributed by atoms with E-state index in [2.05, 4.69) is 5.32 Å². The predicted octanol–water partition coefficient (Wildman–Crippen LogP) is 1.95. The third kappa shape index (κ3) is 5.14. The maximum absolute atomic E-state index is 12.6. The first-order valence-corrected chi connectivity index (χ1v) is 7.62. The van der Waals surface area contributed by atoms with Crippen molar-refractivity contribution in [1.29, 1.82) is 0 Å².